The van der Waals surface area contributed by atoms with E-state index in [9.17, 15) is 0 Å². The molecule has 2 N–H and O–H groups in total. The minimum atomic E-state index is -0.186. The number of nitrogens with zero attached hydrogens (tertiary/aromatic N) is 2. The summed E-state index contributed by atoms with van der Waals surface area (Å²) in [6.07, 6.45) is 4.46. The third-order valence-corrected chi connectivity index (χ3v) is 7.79. The van der Waals surface area contributed by atoms with Gasteiger partial charge in [0.05, 0.1) is 6.61 Å². The number of rotatable bonds is 6. The van der Waals surface area contributed by atoms with Crippen molar-refractivity contribution in [3.63, 3.8) is 0 Å². The third kappa shape index (κ3) is 5.92. The van der Waals surface area contributed by atoms with Gasteiger partial charge < -0.3 is 14.5 Å². The number of thiol groups is 1. The molecule has 1 atom stereocenters. The molecule has 0 radical (unpaired) electrons. The highest BCUT2D eigenvalue weighted by Gasteiger charge is 2.32. The fraction of sp³-hybridized carbons (Fsp3) is 0.517. The van der Waals surface area contributed by atoms with Crippen molar-refractivity contribution in [2.75, 3.05) is 26.4 Å². The molecule has 2 saturated heterocycles. The summed E-state index contributed by atoms with van der Waals surface area (Å²) in [6.45, 7) is 11.7. The van der Waals surface area contributed by atoms with Gasteiger partial charge in [0.2, 0.25) is 0 Å². The van der Waals surface area contributed by atoms with E-state index in [2.05, 4.69) is 93.8 Å². The SMILES string of the molecule is CC(C)(S)c1ccc(C(=N)N2CCCCC2CC(C)(C)c2ccc(C(=N)N3CCOC3)cc2)cc1. The predicted molar refractivity (Wildman–Crippen MR) is 148 cm³/mol. The summed E-state index contributed by atoms with van der Waals surface area (Å²) in [7, 11) is 0. The van der Waals surface area contributed by atoms with Crippen molar-refractivity contribution in [3.05, 3.63) is 70.8 Å². The van der Waals surface area contributed by atoms with Crippen LogP contribution in [0.1, 0.15) is 75.6 Å². The minimum absolute atomic E-state index is 0.0298. The third-order valence-electron chi connectivity index (χ3n) is 7.53. The highest BCUT2D eigenvalue weighted by atomic mass is 32.1. The van der Waals surface area contributed by atoms with Gasteiger partial charge in [-0.3, -0.25) is 10.8 Å². The maximum atomic E-state index is 9.02. The molecule has 6 heteroatoms. The van der Waals surface area contributed by atoms with E-state index in [4.69, 9.17) is 15.6 Å². The number of amidine groups is 2. The molecule has 2 aromatic rings. The van der Waals surface area contributed by atoms with Gasteiger partial charge >= 0.3 is 0 Å². The summed E-state index contributed by atoms with van der Waals surface area (Å²) in [5.41, 5.74) is 4.33. The van der Waals surface area contributed by atoms with E-state index in [0.717, 1.165) is 43.5 Å². The Kier molecular flexibility index (Phi) is 7.62. The van der Waals surface area contributed by atoms with Crippen molar-refractivity contribution in [2.24, 2.45) is 0 Å². The van der Waals surface area contributed by atoms with Gasteiger partial charge in [-0.2, -0.15) is 12.6 Å². The number of hydrogen-bond acceptors (Lipinski definition) is 4. The lowest BCUT2D eigenvalue weighted by atomic mass is 9.76. The van der Waals surface area contributed by atoms with Gasteiger partial charge in [0.15, 0.2) is 0 Å². The number of ether oxygens (including phenoxy) is 1. The Labute approximate surface area is 216 Å². The fourth-order valence-corrected chi connectivity index (χ4v) is 5.42. The standard InChI is InChI=1S/C29H40N4OS/c1-28(2,23-12-8-21(9-13-23)26(30)32-17-18-34-20-32)19-25-7-5-6-16-33(25)27(31)22-10-14-24(15-11-22)29(3,4)35/h8-15,25,30-31,35H,5-7,16-20H2,1-4H3. The zero-order valence-electron chi connectivity index (χ0n) is 21.6. The van der Waals surface area contributed by atoms with Crippen LogP contribution in [0, 0.1) is 10.8 Å². The van der Waals surface area contributed by atoms with Gasteiger partial charge in [-0.15, -0.1) is 0 Å². The van der Waals surface area contributed by atoms with Crippen LogP contribution in [0.2, 0.25) is 0 Å². The van der Waals surface area contributed by atoms with Crippen LogP contribution < -0.4 is 0 Å². The number of nitrogens with one attached hydrogen (secondary N) is 2. The van der Waals surface area contributed by atoms with Crippen LogP contribution in [-0.4, -0.2) is 53.9 Å². The van der Waals surface area contributed by atoms with Gasteiger partial charge in [0.25, 0.3) is 0 Å². The summed E-state index contributed by atoms with van der Waals surface area (Å²) in [5, 5.41) is 17.5. The number of benzene rings is 2. The Bertz CT molecular complexity index is 1030. The molecule has 2 fully saturated rings. The van der Waals surface area contributed by atoms with E-state index in [1.165, 1.54) is 17.5 Å². The van der Waals surface area contributed by atoms with Gasteiger partial charge in [0, 0.05) is 35.0 Å². The Morgan fingerprint density at radius 2 is 1.49 bits per heavy atom. The van der Waals surface area contributed by atoms with Gasteiger partial charge in [0.1, 0.15) is 18.4 Å². The van der Waals surface area contributed by atoms with Gasteiger partial charge in [-0.05, 0) is 56.1 Å². The van der Waals surface area contributed by atoms with Crippen molar-refractivity contribution in [1.82, 2.24) is 9.80 Å². The smallest absolute Gasteiger partial charge is 0.129 e. The lowest BCUT2D eigenvalue weighted by Crippen LogP contribution is -2.46. The Hall–Kier alpha value is -2.31. The van der Waals surface area contributed by atoms with Crippen LogP contribution >= 0.6 is 12.6 Å². The van der Waals surface area contributed by atoms with E-state index < -0.39 is 0 Å². The molecule has 1 unspecified atom stereocenters. The molecule has 4 rings (SSSR count). The lowest BCUT2D eigenvalue weighted by Gasteiger charge is -2.42. The van der Waals surface area contributed by atoms with Crippen molar-refractivity contribution >= 4 is 24.3 Å². The van der Waals surface area contributed by atoms with Crippen molar-refractivity contribution in [1.29, 1.82) is 10.8 Å². The maximum absolute atomic E-state index is 9.02. The van der Waals surface area contributed by atoms with Crippen LogP contribution in [0.15, 0.2) is 48.5 Å². The van der Waals surface area contributed by atoms with Crippen molar-refractivity contribution < 1.29 is 4.74 Å². The average molecular weight is 493 g/mol. The second-order valence-electron chi connectivity index (χ2n) is 11.1. The van der Waals surface area contributed by atoms with E-state index in [1.54, 1.807) is 0 Å². The van der Waals surface area contributed by atoms with Crippen LogP contribution in [0.25, 0.3) is 0 Å². The molecule has 0 aromatic heterocycles. The van der Waals surface area contributed by atoms with E-state index >= 15 is 0 Å². The second kappa shape index (κ2) is 10.4. The summed E-state index contributed by atoms with van der Waals surface area (Å²) in [5.74, 6) is 1.16. The Morgan fingerprint density at radius 3 is 2.06 bits per heavy atom. The first-order valence-electron chi connectivity index (χ1n) is 12.8. The number of likely N-dealkylation sites (tertiary alicyclic amines) is 1. The summed E-state index contributed by atoms with van der Waals surface area (Å²) < 4.78 is 5.22. The van der Waals surface area contributed by atoms with Crippen LogP contribution in [-0.2, 0) is 14.9 Å². The van der Waals surface area contributed by atoms with Crippen LogP contribution in [0.4, 0.5) is 0 Å². The van der Waals surface area contributed by atoms with Crippen molar-refractivity contribution in [3.8, 4) is 0 Å². The quantitative estimate of drug-likeness (QED) is 0.263. The normalized spacial score (nSPS) is 19.2. The Balaban J connectivity index is 1.47. The lowest BCUT2D eigenvalue weighted by molar-refractivity contribution is 0.168. The Morgan fingerprint density at radius 1 is 0.886 bits per heavy atom. The monoisotopic (exact) mass is 492 g/mol. The highest BCUT2D eigenvalue weighted by molar-refractivity contribution is 7.81. The molecule has 0 amide bonds. The molecule has 0 saturated carbocycles. The molecule has 0 bridgehead atoms. The molecular formula is C29H40N4OS. The molecule has 2 aliphatic heterocycles. The minimum Gasteiger partial charge on any atom is -0.359 e. The zero-order chi connectivity index (χ0) is 25.2. The summed E-state index contributed by atoms with van der Waals surface area (Å²) >= 11 is 4.68. The van der Waals surface area contributed by atoms with E-state index in [1.807, 2.05) is 4.90 Å². The molecule has 5 nitrogen and oxygen atoms in total. The van der Waals surface area contributed by atoms with Gasteiger partial charge in [-0.1, -0.05) is 62.4 Å². The molecule has 2 aromatic carbocycles. The highest BCUT2D eigenvalue weighted by Crippen LogP contribution is 2.34. The molecule has 0 spiro atoms. The van der Waals surface area contributed by atoms with Crippen LogP contribution in [0.5, 0.6) is 0 Å². The molecule has 188 valence electrons. The first-order chi connectivity index (χ1) is 16.6. The second-order valence-corrected chi connectivity index (χ2v) is 12.3. The van der Waals surface area contributed by atoms with Crippen molar-refractivity contribution in [2.45, 2.75) is 69.6 Å². The first-order valence-corrected chi connectivity index (χ1v) is 13.2. The largest absolute Gasteiger partial charge is 0.359 e. The van der Waals surface area contributed by atoms with E-state index in [0.29, 0.717) is 31.1 Å². The molecule has 2 aliphatic rings. The predicted octanol–water partition coefficient (Wildman–Crippen LogP) is 6.01. The first kappa shape index (κ1) is 25.8. The number of hydrogen-bond donors (Lipinski definition) is 3. The topological polar surface area (TPSA) is 63.4 Å². The summed E-state index contributed by atoms with van der Waals surface area (Å²) in [6, 6.07) is 17.2. The number of piperidine rings is 1. The zero-order valence-corrected chi connectivity index (χ0v) is 22.5. The average Bonchev–Trinajstić information content (AvgIpc) is 3.38. The van der Waals surface area contributed by atoms with E-state index in [-0.39, 0.29) is 10.2 Å². The molecule has 35 heavy (non-hydrogen) atoms. The summed E-state index contributed by atoms with van der Waals surface area (Å²) in [4.78, 5) is 4.29. The molecular weight excluding hydrogens is 452 g/mol. The molecule has 0 aliphatic carbocycles. The molecule has 2 heterocycles. The fourth-order valence-electron chi connectivity index (χ4n) is 5.27. The van der Waals surface area contributed by atoms with Gasteiger partial charge in [-0.25, -0.2) is 0 Å². The van der Waals surface area contributed by atoms with Crippen LogP contribution in [0.3, 0.4) is 0 Å². The maximum Gasteiger partial charge on any atom is 0.129 e.